The minimum absolute atomic E-state index is 0.0742. The van der Waals surface area contributed by atoms with Gasteiger partial charge in [-0.2, -0.15) is 0 Å². The van der Waals surface area contributed by atoms with Crippen LogP contribution in [0.3, 0.4) is 0 Å². The second-order valence-electron chi connectivity index (χ2n) is 9.78. The molecule has 1 atom stereocenters. The molecule has 2 aromatic rings. The third kappa shape index (κ3) is 6.44. The van der Waals surface area contributed by atoms with E-state index in [1.165, 1.54) is 19.3 Å². The lowest BCUT2D eigenvalue weighted by Crippen LogP contribution is -2.35. The minimum Gasteiger partial charge on any atom is -0.360 e. The average molecular weight is 453 g/mol. The molecule has 0 radical (unpaired) electrons. The highest BCUT2D eigenvalue weighted by Crippen LogP contribution is 2.40. The zero-order valence-corrected chi connectivity index (χ0v) is 19.8. The predicted molar refractivity (Wildman–Crippen MR) is 127 cm³/mol. The highest BCUT2D eigenvalue weighted by molar-refractivity contribution is 5.94. The summed E-state index contributed by atoms with van der Waals surface area (Å²) in [6, 6.07) is 9.32. The molecule has 0 bridgehead atoms. The highest BCUT2D eigenvalue weighted by atomic mass is 16.5. The van der Waals surface area contributed by atoms with Crippen molar-refractivity contribution in [2.75, 3.05) is 27.2 Å². The fraction of sp³-hybridized carbons (Fsp3) is 0.577. The van der Waals surface area contributed by atoms with Crippen LogP contribution in [0.2, 0.25) is 0 Å². The van der Waals surface area contributed by atoms with E-state index in [2.05, 4.69) is 20.7 Å². The third-order valence-electron chi connectivity index (χ3n) is 6.72. The topological polar surface area (TPSA) is 87.5 Å². The van der Waals surface area contributed by atoms with Crippen LogP contribution in [0.1, 0.15) is 95.5 Å². The summed E-state index contributed by atoms with van der Waals surface area (Å²) in [6.45, 7) is 1.57. The smallest absolute Gasteiger partial charge is 0.273 e. The van der Waals surface area contributed by atoms with Gasteiger partial charge in [0.2, 0.25) is 0 Å². The lowest BCUT2D eigenvalue weighted by Gasteiger charge is -2.31. The van der Waals surface area contributed by atoms with Crippen LogP contribution in [0.15, 0.2) is 34.9 Å². The van der Waals surface area contributed by atoms with Gasteiger partial charge in [0.05, 0.1) is 6.04 Å². The molecule has 2 fully saturated rings. The van der Waals surface area contributed by atoms with E-state index in [0.29, 0.717) is 29.6 Å². The average Bonchev–Trinajstić information content (AvgIpc) is 3.56. The number of amides is 2. The van der Waals surface area contributed by atoms with Gasteiger partial charge in [-0.3, -0.25) is 9.59 Å². The highest BCUT2D eigenvalue weighted by Gasteiger charge is 2.31. The fourth-order valence-electron chi connectivity index (χ4n) is 4.69. The Kier molecular flexibility index (Phi) is 7.81. The van der Waals surface area contributed by atoms with Crippen molar-refractivity contribution in [1.29, 1.82) is 0 Å². The first-order valence-corrected chi connectivity index (χ1v) is 12.3. The molecule has 0 spiro atoms. The lowest BCUT2D eigenvalue weighted by molar-refractivity contribution is 0.0903. The maximum atomic E-state index is 13.1. The Bertz CT molecular complexity index is 945. The molecule has 7 heteroatoms. The summed E-state index contributed by atoms with van der Waals surface area (Å²) in [5.41, 5.74) is 1.94. The Balaban J connectivity index is 1.47. The van der Waals surface area contributed by atoms with Gasteiger partial charge in [-0.15, -0.1) is 0 Å². The molecule has 2 aliphatic carbocycles. The van der Waals surface area contributed by atoms with E-state index in [1.807, 2.05) is 38.4 Å². The third-order valence-corrected chi connectivity index (χ3v) is 6.72. The molecule has 1 aromatic carbocycles. The van der Waals surface area contributed by atoms with Crippen LogP contribution in [0.5, 0.6) is 0 Å². The number of carbonyl (C=O) groups is 2. The van der Waals surface area contributed by atoms with Gasteiger partial charge in [-0.1, -0.05) is 36.6 Å². The van der Waals surface area contributed by atoms with Crippen molar-refractivity contribution in [2.45, 2.75) is 63.3 Å². The molecule has 33 heavy (non-hydrogen) atoms. The summed E-state index contributed by atoms with van der Waals surface area (Å²) < 4.78 is 5.39. The molecule has 7 nitrogen and oxygen atoms in total. The molecule has 2 saturated carbocycles. The SMILES string of the molecule is CN(C)CCCNC(=O)c1cccc(C(NC(=O)c2cc(C3CC3)on2)C2CCCCC2)c1. The van der Waals surface area contributed by atoms with Gasteiger partial charge in [-0.25, -0.2) is 0 Å². The normalized spacial score (nSPS) is 17.7. The van der Waals surface area contributed by atoms with E-state index in [9.17, 15) is 9.59 Å². The van der Waals surface area contributed by atoms with Crippen molar-refractivity contribution in [2.24, 2.45) is 5.92 Å². The quantitative estimate of drug-likeness (QED) is 0.525. The number of hydrogen-bond donors (Lipinski definition) is 2. The Hall–Kier alpha value is -2.67. The Morgan fingerprint density at radius 2 is 1.88 bits per heavy atom. The molecule has 4 rings (SSSR count). The van der Waals surface area contributed by atoms with Crippen LogP contribution in [-0.4, -0.2) is 49.1 Å². The molecule has 1 unspecified atom stereocenters. The molecule has 2 amide bonds. The first-order chi connectivity index (χ1) is 16.0. The summed E-state index contributed by atoms with van der Waals surface area (Å²) in [7, 11) is 4.05. The molecule has 2 aliphatic rings. The number of aromatic nitrogens is 1. The van der Waals surface area contributed by atoms with Gasteiger partial charge >= 0.3 is 0 Å². The van der Waals surface area contributed by atoms with Crippen molar-refractivity contribution in [1.82, 2.24) is 20.7 Å². The maximum Gasteiger partial charge on any atom is 0.273 e. The summed E-state index contributed by atoms with van der Waals surface area (Å²) >= 11 is 0. The Labute approximate surface area is 196 Å². The van der Waals surface area contributed by atoms with Gasteiger partial charge in [0.1, 0.15) is 5.76 Å². The molecule has 178 valence electrons. The van der Waals surface area contributed by atoms with Crippen molar-refractivity contribution in [3.8, 4) is 0 Å². The van der Waals surface area contributed by atoms with Crippen LogP contribution in [-0.2, 0) is 0 Å². The van der Waals surface area contributed by atoms with E-state index in [-0.39, 0.29) is 17.9 Å². The first kappa shape index (κ1) is 23.5. The number of hydrogen-bond acceptors (Lipinski definition) is 5. The van der Waals surface area contributed by atoms with Crippen molar-refractivity contribution in [3.63, 3.8) is 0 Å². The molecule has 0 aliphatic heterocycles. The number of carbonyl (C=O) groups excluding carboxylic acids is 2. The molecule has 2 N–H and O–H groups in total. The predicted octanol–water partition coefficient (Wildman–Crippen LogP) is 4.28. The first-order valence-electron chi connectivity index (χ1n) is 12.3. The van der Waals surface area contributed by atoms with Crippen molar-refractivity contribution < 1.29 is 14.1 Å². The second kappa shape index (κ2) is 11.0. The molecule has 1 aromatic heterocycles. The molecular formula is C26H36N4O3. The van der Waals surface area contributed by atoms with Crippen LogP contribution < -0.4 is 10.6 Å². The monoisotopic (exact) mass is 452 g/mol. The zero-order valence-electron chi connectivity index (χ0n) is 19.8. The second-order valence-corrected chi connectivity index (χ2v) is 9.78. The molecule has 0 saturated heterocycles. The van der Waals surface area contributed by atoms with Gasteiger partial charge in [0.15, 0.2) is 5.69 Å². The standard InChI is InChI=1S/C26H36N4O3/c1-30(2)15-7-14-27-25(31)21-11-6-10-20(16-21)24(19-8-4-3-5-9-19)28-26(32)22-17-23(33-29-22)18-12-13-18/h6,10-11,16-19,24H,3-5,7-9,12-15H2,1-2H3,(H,27,31)(H,28,32). The number of nitrogens with zero attached hydrogens (tertiary/aromatic N) is 2. The summed E-state index contributed by atoms with van der Waals surface area (Å²) in [6.07, 6.45) is 8.81. The fourth-order valence-corrected chi connectivity index (χ4v) is 4.69. The van der Waals surface area contributed by atoms with Crippen LogP contribution in [0.4, 0.5) is 0 Å². The summed E-state index contributed by atoms with van der Waals surface area (Å²) in [4.78, 5) is 27.9. The van der Waals surface area contributed by atoms with Gasteiger partial charge in [0.25, 0.3) is 11.8 Å². The Morgan fingerprint density at radius 3 is 2.61 bits per heavy atom. The largest absolute Gasteiger partial charge is 0.360 e. The Morgan fingerprint density at radius 1 is 1.09 bits per heavy atom. The van der Waals surface area contributed by atoms with Gasteiger partial charge in [0, 0.05) is 24.1 Å². The molecular weight excluding hydrogens is 416 g/mol. The molecule has 1 heterocycles. The van der Waals surface area contributed by atoms with Gasteiger partial charge < -0.3 is 20.1 Å². The van der Waals surface area contributed by atoms with E-state index < -0.39 is 0 Å². The van der Waals surface area contributed by atoms with E-state index in [1.54, 1.807) is 6.07 Å². The van der Waals surface area contributed by atoms with E-state index in [0.717, 1.165) is 50.0 Å². The van der Waals surface area contributed by atoms with Gasteiger partial charge in [-0.05, 0) is 76.4 Å². The van der Waals surface area contributed by atoms with Crippen LogP contribution >= 0.6 is 0 Å². The summed E-state index contributed by atoms with van der Waals surface area (Å²) in [5.74, 6) is 1.29. The van der Waals surface area contributed by atoms with Crippen LogP contribution in [0.25, 0.3) is 0 Å². The van der Waals surface area contributed by atoms with E-state index >= 15 is 0 Å². The number of benzene rings is 1. The zero-order chi connectivity index (χ0) is 23.2. The number of nitrogens with one attached hydrogen (secondary N) is 2. The van der Waals surface area contributed by atoms with Crippen molar-refractivity contribution >= 4 is 11.8 Å². The van der Waals surface area contributed by atoms with E-state index in [4.69, 9.17) is 4.52 Å². The maximum absolute atomic E-state index is 13.1. The number of rotatable bonds is 10. The minimum atomic E-state index is -0.209. The lowest BCUT2D eigenvalue weighted by atomic mass is 9.80. The van der Waals surface area contributed by atoms with Crippen LogP contribution in [0, 0.1) is 5.92 Å². The van der Waals surface area contributed by atoms with Crippen molar-refractivity contribution in [3.05, 3.63) is 52.9 Å². The summed E-state index contributed by atoms with van der Waals surface area (Å²) in [5, 5.41) is 10.2.